The molecule has 0 radical (unpaired) electrons. The summed E-state index contributed by atoms with van der Waals surface area (Å²) < 4.78 is 0. The van der Waals surface area contributed by atoms with E-state index in [4.69, 9.17) is 5.73 Å². The molecular weight excluding hydrogens is 202 g/mol. The van der Waals surface area contributed by atoms with Gasteiger partial charge < -0.3 is 18.1 Å². The quantitative estimate of drug-likeness (QED) is 0.659. The van der Waals surface area contributed by atoms with Crippen molar-refractivity contribution in [1.29, 1.82) is 0 Å². The summed E-state index contributed by atoms with van der Waals surface area (Å²) >= 11 is 1.71. The maximum atomic E-state index is 5.82. The molecule has 0 bridgehead atoms. The van der Waals surface area contributed by atoms with Gasteiger partial charge in [0.05, 0.1) is 0 Å². The molecule has 1 heterocycles. The van der Waals surface area contributed by atoms with Gasteiger partial charge >= 0.3 is 0 Å². The molecule has 0 unspecified atom stereocenters. The van der Waals surface area contributed by atoms with Crippen LogP contribution < -0.4 is 18.1 Å². The molecule has 0 amide bonds. The van der Waals surface area contributed by atoms with Crippen LogP contribution in [0.1, 0.15) is 0 Å². The van der Waals surface area contributed by atoms with Crippen LogP contribution in [0.5, 0.6) is 0 Å². The number of rotatable bonds is 1. The maximum absolute atomic E-state index is 5.82. The molecule has 0 spiro atoms. The molecule has 2 N–H and O–H groups in total. The Morgan fingerprint density at radius 3 is 2.38 bits per heavy atom. The number of benzene rings is 1. The Morgan fingerprint density at radius 1 is 1.00 bits per heavy atom. The zero-order valence-corrected chi connectivity index (χ0v) is 8.48. The zero-order valence-electron chi connectivity index (χ0n) is 6.91. The first-order valence-corrected chi connectivity index (χ1v) is 4.64. The van der Waals surface area contributed by atoms with Gasteiger partial charge in [0.2, 0.25) is 0 Å². The lowest BCUT2D eigenvalue weighted by molar-refractivity contribution is -0.00000228. The highest BCUT2D eigenvalue weighted by atomic mass is 35.5. The minimum Gasteiger partial charge on any atom is -1.00 e. The van der Waals surface area contributed by atoms with Gasteiger partial charge in [0.1, 0.15) is 0 Å². The average molecular weight is 211 g/mol. The van der Waals surface area contributed by atoms with Crippen molar-refractivity contribution in [2.75, 3.05) is 5.73 Å². The van der Waals surface area contributed by atoms with Crippen LogP contribution >= 0.6 is 11.3 Å². The van der Waals surface area contributed by atoms with Gasteiger partial charge in [0.25, 0.3) is 0 Å². The molecule has 0 saturated heterocycles. The molecule has 0 saturated carbocycles. The number of para-hydroxylation sites is 1. The summed E-state index contributed by atoms with van der Waals surface area (Å²) in [7, 11) is 0. The van der Waals surface area contributed by atoms with Crippen LogP contribution in [0.4, 0.5) is 5.69 Å². The number of nitrogen functional groups attached to an aromatic ring is 1. The standard InChI is InChI=1S/C10H9NS.ClH/c11-9-5-2-1-4-8(9)10-6-3-7-12-10;/h1-7H,11H2;1H/p-1. The van der Waals surface area contributed by atoms with Crippen LogP contribution in [0.15, 0.2) is 41.8 Å². The Hall–Kier alpha value is -0.990. The number of halogens is 1. The van der Waals surface area contributed by atoms with E-state index in [1.165, 1.54) is 4.88 Å². The average Bonchev–Trinajstić information content (AvgIpc) is 2.57. The van der Waals surface area contributed by atoms with Gasteiger partial charge in [-0.25, -0.2) is 0 Å². The lowest BCUT2D eigenvalue weighted by Crippen LogP contribution is -3.00. The van der Waals surface area contributed by atoms with Crippen LogP contribution in [0.3, 0.4) is 0 Å². The highest BCUT2D eigenvalue weighted by molar-refractivity contribution is 7.13. The Bertz CT molecular complexity index is 370. The number of nitrogens with two attached hydrogens (primary N) is 1. The second-order valence-corrected chi connectivity index (χ2v) is 3.51. The minimum atomic E-state index is 0. The number of anilines is 1. The summed E-state index contributed by atoms with van der Waals surface area (Å²) in [6.07, 6.45) is 0. The maximum Gasteiger partial charge on any atom is 0.0401 e. The van der Waals surface area contributed by atoms with E-state index in [9.17, 15) is 0 Å². The largest absolute Gasteiger partial charge is 1.00 e. The summed E-state index contributed by atoms with van der Waals surface area (Å²) in [5.41, 5.74) is 7.80. The van der Waals surface area contributed by atoms with Gasteiger partial charge in [-0.2, -0.15) is 0 Å². The van der Waals surface area contributed by atoms with Crippen LogP contribution in [0.2, 0.25) is 0 Å². The molecule has 2 aromatic rings. The summed E-state index contributed by atoms with van der Waals surface area (Å²) in [4.78, 5) is 1.23. The van der Waals surface area contributed by atoms with Crippen molar-refractivity contribution in [2.24, 2.45) is 0 Å². The van der Waals surface area contributed by atoms with E-state index in [0.717, 1.165) is 11.3 Å². The fourth-order valence-corrected chi connectivity index (χ4v) is 1.93. The molecule has 13 heavy (non-hydrogen) atoms. The first-order chi connectivity index (χ1) is 5.88. The molecule has 0 fully saturated rings. The van der Waals surface area contributed by atoms with Crippen molar-refractivity contribution >= 4 is 17.0 Å². The molecule has 68 valence electrons. The van der Waals surface area contributed by atoms with Crippen molar-refractivity contribution in [3.05, 3.63) is 41.8 Å². The molecule has 1 aromatic heterocycles. The number of hydrogen-bond donors (Lipinski definition) is 1. The van der Waals surface area contributed by atoms with E-state index in [2.05, 4.69) is 11.4 Å². The fourth-order valence-electron chi connectivity index (χ4n) is 1.15. The summed E-state index contributed by atoms with van der Waals surface area (Å²) in [6.45, 7) is 0. The third kappa shape index (κ3) is 2.02. The van der Waals surface area contributed by atoms with Crippen LogP contribution in [0.25, 0.3) is 10.4 Å². The van der Waals surface area contributed by atoms with E-state index in [1.54, 1.807) is 11.3 Å². The third-order valence-corrected chi connectivity index (χ3v) is 2.65. The summed E-state index contributed by atoms with van der Waals surface area (Å²) in [6, 6.07) is 12.0. The van der Waals surface area contributed by atoms with Crippen LogP contribution in [-0.4, -0.2) is 0 Å². The van der Waals surface area contributed by atoms with Crippen molar-refractivity contribution in [2.45, 2.75) is 0 Å². The highest BCUT2D eigenvalue weighted by Gasteiger charge is 2.00. The first-order valence-electron chi connectivity index (χ1n) is 3.76. The predicted molar refractivity (Wildman–Crippen MR) is 54.2 cm³/mol. The van der Waals surface area contributed by atoms with Crippen molar-refractivity contribution in [3.63, 3.8) is 0 Å². The van der Waals surface area contributed by atoms with Gasteiger partial charge in [0.15, 0.2) is 0 Å². The first kappa shape index (κ1) is 10.1. The van der Waals surface area contributed by atoms with E-state index in [1.807, 2.05) is 30.3 Å². The van der Waals surface area contributed by atoms with E-state index >= 15 is 0 Å². The van der Waals surface area contributed by atoms with Crippen LogP contribution in [-0.2, 0) is 0 Å². The zero-order chi connectivity index (χ0) is 8.39. The SMILES string of the molecule is Nc1ccccc1-c1cccs1.[Cl-]. The fraction of sp³-hybridized carbons (Fsp3) is 0. The third-order valence-electron chi connectivity index (χ3n) is 1.75. The van der Waals surface area contributed by atoms with Gasteiger partial charge in [-0.1, -0.05) is 24.3 Å². The summed E-state index contributed by atoms with van der Waals surface area (Å²) in [5.74, 6) is 0. The lowest BCUT2D eigenvalue weighted by Gasteiger charge is -2.00. The molecular formula is C10H9ClNS-. The van der Waals surface area contributed by atoms with E-state index in [-0.39, 0.29) is 12.4 Å². The molecule has 1 nitrogen and oxygen atoms in total. The van der Waals surface area contributed by atoms with Gasteiger partial charge in [-0.05, 0) is 17.5 Å². The van der Waals surface area contributed by atoms with E-state index < -0.39 is 0 Å². The summed E-state index contributed by atoms with van der Waals surface area (Å²) in [5, 5.41) is 2.06. The van der Waals surface area contributed by atoms with Crippen molar-refractivity contribution in [3.8, 4) is 10.4 Å². The highest BCUT2D eigenvalue weighted by Crippen LogP contribution is 2.28. The second-order valence-electron chi connectivity index (χ2n) is 2.56. The minimum absolute atomic E-state index is 0. The van der Waals surface area contributed by atoms with Gasteiger partial charge in [-0.3, -0.25) is 0 Å². The Morgan fingerprint density at radius 2 is 1.77 bits per heavy atom. The van der Waals surface area contributed by atoms with Gasteiger partial charge in [0, 0.05) is 16.1 Å². The van der Waals surface area contributed by atoms with E-state index in [0.29, 0.717) is 0 Å². The Kier molecular flexibility index (Phi) is 3.34. The van der Waals surface area contributed by atoms with Gasteiger partial charge in [-0.15, -0.1) is 11.3 Å². The molecule has 3 heteroatoms. The van der Waals surface area contributed by atoms with Crippen LogP contribution in [0, 0.1) is 0 Å². The predicted octanol–water partition coefficient (Wildman–Crippen LogP) is 0.00130. The number of thiophene rings is 1. The molecule has 0 aliphatic carbocycles. The van der Waals surface area contributed by atoms with Crippen molar-refractivity contribution < 1.29 is 12.4 Å². The molecule has 1 aromatic carbocycles. The molecule has 0 aliphatic rings. The lowest BCUT2D eigenvalue weighted by atomic mass is 10.1. The smallest absolute Gasteiger partial charge is 0.0401 e. The number of hydrogen-bond acceptors (Lipinski definition) is 2. The Balaban J connectivity index is 0.000000845. The van der Waals surface area contributed by atoms with Crippen molar-refractivity contribution in [1.82, 2.24) is 0 Å². The second kappa shape index (κ2) is 4.30. The monoisotopic (exact) mass is 210 g/mol. The Labute approximate surface area is 87.6 Å². The normalized spacial score (nSPS) is 9.23. The topological polar surface area (TPSA) is 26.0 Å². The molecule has 0 atom stereocenters. The molecule has 2 rings (SSSR count). The molecule has 0 aliphatic heterocycles.